The van der Waals surface area contributed by atoms with Gasteiger partial charge in [-0.2, -0.15) is 0 Å². The van der Waals surface area contributed by atoms with Gasteiger partial charge in [-0.1, -0.05) is 27.1 Å². The Balaban J connectivity index is 4.23. The third kappa shape index (κ3) is 5.84. The molecule has 0 bridgehead atoms. The standard InChI is InChI=1S/C7H12Br2O2/c1-5(2)6(4-8)3-7(9,10)11/h10-11H,3-4H2,1-2H3. The molecule has 0 spiro atoms. The van der Waals surface area contributed by atoms with Crippen molar-refractivity contribution in [2.24, 2.45) is 0 Å². The molecule has 0 aromatic heterocycles. The molecule has 0 aliphatic heterocycles. The molecule has 66 valence electrons. The first-order valence-corrected chi connectivity index (χ1v) is 5.13. The zero-order chi connectivity index (χ0) is 9.07. The van der Waals surface area contributed by atoms with Gasteiger partial charge in [0.05, 0.1) is 0 Å². The lowest BCUT2D eigenvalue weighted by atomic mass is 10.1. The Hall–Kier alpha value is 0.620. The zero-order valence-electron chi connectivity index (χ0n) is 6.56. The van der Waals surface area contributed by atoms with Crippen LogP contribution in [0.1, 0.15) is 20.3 Å². The van der Waals surface area contributed by atoms with Gasteiger partial charge in [-0.15, -0.1) is 0 Å². The van der Waals surface area contributed by atoms with Crippen LogP contribution in [-0.2, 0) is 0 Å². The van der Waals surface area contributed by atoms with E-state index in [0.29, 0.717) is 5.33 Å². The van der Waals surface area contributed by atoms with Crippen molar-refractivity contribution in [3.8, 4) is 0 Å². The molecule has 0 rings (SSSR count). The van der Waals surface area contributed by atoms with Gasteiger partial charge in [-0.25, -0.2) is 0 Å². The Morgan fingerprint density at radius 3 is 1.91 bits per heavy atom. The van der Waals surface area contributed by atoms with Gasteiger partial charge in [0.2, 0.25) is 4.70 Å². The van der Waals surface area contributed by atoms with Crippen LogP contribution in [0.2, 0.25) is 0 Å². The predicted octanol–water partition coefficient (Wildman–Crippen LogP) is 2.14. The second-order valence-electron chi connectivity index (χ2n) is 2.63. The minimum atomic E-state index is -1.77. The largest absolute Gasteiger partial charge is 0.357 e. The summed E-state index contributed by atoms with van der Waals surface area (Å²) in [6, 6.07) is 0. The van der Waals surface area contributed by atoms with E-state index in [1.807, 2.05) is 13.8 Å². The second-order valence-corrected chi connectivity index (χ2v) is 4.46. The maximum Gasteiger partial charge on any atom is 0.225 e. The average Bonchev–Trinajstić information content (AvgIpc) is 1.80. The number of rotatable bonds is 3. The van der Waals surface area contributed by atoms with Crippen molar-refractivity contribution in [2.75, 3.05) is 5.33 Å². The molecule has 0 aliphatic rings. The van der Waals surface area contributed by atoms with E-state index >= 15 is 0 Å². The summed E-state index contributed by atoms with van der Waals surface area (Å²) in [6.07, 6.45) is 0.223. The summed E-state index contributed by atoms with van der Waals surface area (Å²) in [4.78, 5) is 0. The molecule has 4 heteroatoms. The predicted molar refractivity (Wildman–Crippen MR) is 52.9 cm³/mol. The molecule has 0 radical (unpaired) electrons. The number of alkyl halides is 2. The normalized spacial score (nSPS) is 11.5. The second kappa shape index (κ2) is 4.60. The van der Waals surface area contributed by atoms with E-state index in [4.69, 9.17) is 10.2 Å². The fourth-order valence-corrected chi connectivity index (χ4v) is 1.73. The molecule has 0 heterocycles. The molecular weight excluding hydrogens is 276 g/mol. The maximum atomic E-state index is 8.99. The van der Waals surface area contributed by atoms with Crippen molar-refractivity contribution < 1.29 is 10.2 Å². The maximum absolute atomic E-state index is 8.99. The van der Waals surface area contributed by atoms with E-state index in [2.05, 4.69) is 31.9 Å². The summed E-state index contributed by atoms with van der Waals surface area (Å²) in [5, 5.41) is 18.6. The molecule has 2 N–H and O–H groups in total. The summed E-state index contributed by atoms with van der Waals surface area (Å²) in [7, 11) is 0. The Kier molecular flexibility index (Phi) is 4.86. The first kappa shape index (κ1) is 11.6. The number of halogens is 2. The van der Waals surface area contributed by atoms with Crippen LogP contribution in [0.25, 0.3) is 0 Å². The van der Waals surface area contributed by atoms with Gasteiger partial charge >= 0.3 is 0 Å². The molecule has 0 aliphatic carbocycles. The lowest BCUT2D eigenvalue weighted by Gasteiger charge is -2.15. The number of hydrogen-bond donors (Lipinski definition) is 2. The Morgan fingerprint density at radius 1 is 1.36 bits per heavy atom. The molecule has 2 nitrogen and oxygen atoms in total. The highest BCUT2D eigenvalue weighted by molar-refractivity contribution is 9.10. The molecule has 0 amide bonds. The lowest BCUT2D eigenvalue weighted by molar-refractivity contribution is -0.0670. The van der Waals surface area contributed by atoms with Crippen molar-refractivity contribution in [2.45, 2.75) is 25.0 Å². The molecule has 0 saturated heterocycles. The quantitative estimate of drug-likeness (QED) is 0.474. The van der Waals surface area contributed by atoms with Gasteiger partial charge in [0, 0.05) is 11.8 Å². The van der Waals surface area contributed by atoms with Gasteiger partial charge in [0.15, 0.2) is 0 Å². The third-order valence-corrected chi connectivity index (χ3v) is 2.26. The summed E-state index contributed by atoms with van der Waals surface area (Å²) >= 11 is 6.01. The molecular formula is C7H12Br2O2. The first-order chi connectivity index (χ1) is 4.87. The smallest absolute Gasteiger partial charge is 0.225 e. The van der Waals surface area contributed by atoms with Crippen molar-refractivity contribution in [1.82, 2.24) is 0 Å². The summed E-state index contributed by atoms with van der Waals surface area (Å²) < 4.78 is -1.77. The Bertz CT molecular complexity index is 154. The highest BCUT2D eigenvalue weighted by atomic mass is 79.9. The minimum absolute atomic E-state index is 0.223. The van der Waals surface area contributed by atoms with Crippen LogP contribution >= 0.6 is 31.9 Å². The SMILES string of the molecule is CC(C)=C(CBr)CC(O)(O)Br. The van der Waals surface area contributed by atoms with E-state index in [1.165, 1.54) is 0 Å². The van der Waals surface area contributed by atoms with Crippen molar-refractivity contribution in [3.05, 3.63) is 11.1 Å². The van der Waals surface area contributed by atoms with Crippen molar-refractivity contribution in [1.29, 1.82) is 0 Å². The van der Waals surface area contributed by atoms with Gasteiger partial charge in [-0.05, 0) is 29.8 Å². The minimum Gasteiger partial charge on any atom is -0.357 e. The lowest BCUT2D eigenvalue weighted by Crippen LogP contribution is -2.19. The van der Waals surface area contributed by atoms with Gasteiger partial charge in [0.1, 0.15) is 0 Å². The van der Waals surface area contributed by atoms with Crippen LogP contribution in [0.5, 0.6) is 0 Å². The van der Waals surface area contributed by atoms with Crippen LogP contribution < -0.4 is 0 Å². The van der Waals surface area contributed by atoms with Crippen LogP contribution in [0.4, 0.5) is 0 Å². The van der Waals surface area contributed by atoms with Gasteiger partial charge in [-0.3, -0.25) is 0 Å². The third-order valence-electron chi connectivity index (χ3n) is 1.31. The number of hydrogen-bond acceptors (Lipinski definition) is 2. The van der Waals surface area contributed by atoms with Crippen molar-refractivity contribution >= 4 is 31.9 Å². The van der Waals surface area contributed by atoms with E-state index in [0.717, 1.165) is 11.1 Å². The molecule has 0 unspecified atom stereocenters. The van der Waals surface area contributed by atoms with Crippen LogP contribution in [0.3, 0.4) is 0 Å². The monoisotopic (exact) mass is 286 g/mol. The molecule has 0 atom stereocenters. The van der Waals surface area contributed by atoms with Crippen LogP contribution in [-0.4, -0.2) is 20.2 Å². The van der Waals surface area contributed by atoms with Gasteiger partial charge < -0.3 is 10.2 Å². The highest BCUT2D eigenvalue weighted by Crippen LogP contribution is 2.23. The topological polar surface area (TPSA) is 40.5 Å². The van der Waals surface area contributed by atoms with Gasteiger partial charge in [0.25, 0.3) is 0 Å². The molecule has 0 aromatic rings. The molecule has 0 aromatic carbocycles. The van der Waals surface area contributed by atoms with Crippen LogP contribution in [0, 0.1) is 0 Å². The zero-order valence-corrected chi connectivity index (χ0v) is 9.74. The van der Waals surface area contributed by atoms with E-state index in [1.54, 1.807) is 0 Å². The van der Waals surface area contributed by atoms with E-state index in [9.17, 15) is 0 Å². The molecule has 11 heavy (non-hydrogen) atoms. The average molecular weight is 288 g/mol. The summed E-state index contributed by atoms with van der Waals surface area (Å²) in [5.41, 5.74) is 2.10. The number of allylic oxidation sites excluding steroid dienone is 1. The molecule has 0 saturated carbocycles. The molecule has 0 fully saturated rings. The summed E-state index contributed by atoms with van der Waals surface area (Å²) in [5.74, 6) is 0. The first-order valence-electron chi connectivity index (χ1n) is 3.21. The highest BCUT2D eigenvalue weighted by Gasteiger charge is 2.19. The van der Waals surface area contributed by atoms with Crippen LogP contribution in [0.15, 0.2) is 11.1 Å². The summed E-state index contributed by atoms with van der Waals surface area (Å²) in [6.45, 7) is 3.88. The number of aliphatic hydroxyl groups is 2. The van der Waals surface area contributed by atoms with Crippen molar-refractivity contribution in [3.63, 3.8) is 0 Å². The Labute approximate surface area is 83.6 Å². The van der Waals surface area contributed by atoms with E-state index < -0.39 is 4.70 Å². The Morgan fingerprint density at radius 2 is 1.82 bits per heavy atom. The fourth-order valence-electron chi connectivity index (χ4n) is 0.629. The fraction of sp³-hybridized carbons (Fsp3) is 0.714. The van der Waals surface area contributed by atoms with E-state index in [-0.39, 0.29) is 6.42 Å².